The summed E-state index contributed by atoms with van der Waals surface area (Å²) in [4.78, 5) is 25.0. The Morgan fingerprint density at radius 3 is 2.74 bits per heavy atom. The Morgan fingerprint density at radius 2 is 2.13 bits per heavy atom. The molecule has 124 valence electrons. The Bertz CT molecular complexity index is 630. The molecule has 0 spiro atoms. The third-order valence-electron chi connectivity index (χ3n) is 4.68. The van der Waals surface area contributed by atoms with Crippen LogP contribution in [-0.2, 0) is 0 Å². The molecule has 2 N–H and O–H groups in total. The maximum atomic E-state index is 11.7. The average Bonchev–Trinajstić information content (AvgIpc) is 3.30. The number of likely N-dealkylation sites (tertiary alicyclic amines) is 1. The smallest absolute Gasteiger partial charge is 0.293 e. The Morgan fingerprint density at radius 1 is 1.39 bits per heavy atom. The van der Waals surface area contributed by atoms with Gasteiger partial charge >= 0.3 is 0 Å². The molecule has 1 heterocycles. The van der Waals surface area contributed by atoms with Gasteiger partial charge in [0, 0.05) is 43.3 Å². The third kappa shape index (κ3) is 3.29. The van der Waals surface area contributed by atoms with Crippen molar-refractivity contribution in [2.45, 2.75) is 44.3 Å². The van der Waals surface area contributed by atoms with Crippen molar-refractivity contribution in [3.8, 4) is 0 Å². The Kier molecular flexibility index (Phi) is 4.21. The lowest BCUT2D eigenvalue weighted by molar-refractivity contribution is -0.384. The second-order valence-electron chi connectivity index (χ2n) is 6.42. The number of nitro groups is 1. The second kappa shape index (κ2) is 6.16. The number of carbonyl (C=O) groups is 1. The van der Waals surface area contributed by atoms with Crippen LogP contribution in [0.2, 0.25) is 0 Å². The third-order valence-corrected chi connectivity index (χ3v) is 4.68. The first-order valence-corrected chi connectivity index (χ1v) is 8.02. The number of benzene rings is 1. The average molecular weight is 318 g/mol. The van der Waals surface area contributed by atoms with Crippen LogP contribution in [0.3, 0.4) is 0 Å². The molecule has 1 amide bonds. The van der Waals surface area contributed by atoms with Crippen LogP contribution in [0, 0.1) is 10.1 Å². The van der Waals surface area contributed by atoms with Gasteiger partial charge in [-0.1, -0.05) is 0 Å². The van der Waals surface area contributed by atoms with E-state index >= 15 is 0 Å². The van der Waals surface area contributed by atoms with Gasteiger partial charge in [-0.05, 0) is 38.3 Å². The normalized spacial score (nSPS) is 24.4. The number of hydrogen-bond donors (Lipinski definition) is 2. The number of hydrogen-bond acceptors (Lipinski definition) is 5. The van der Waals surface area contributed by atoms with Crippen LogP contribution in [0.4, 0.5) is 11.4 Å². The van der Waals surface area contributed by atoms with Crippen molar-refractivity contribution in [2.24, 2.45) is 0 Å². The molecular formula is C16H22N4O3. The quantitative estimate of drug-likeness (QED) is 0.640. The summed E-state index contributed by atoms with van der Waals surface area (Å²) >= 11 is 0. The summed E-state index contributed by atoms with van der Waals surface area (Å²) in [5.41, 5.74) is 0.727. The number of amides is 1. The monoisotopic (exact) mass is 318 g/mol. The van der Waals surface area contributed by atoms with Gasteiger partial charge in [0.2, 0.25) is 0 Å². The molecule has 1 saturated heterocycles. The minimum absolute atomic E-state index is 0.0522. The number of carbonyl (C=O) groups excluding carboxylic acids is 1. The summed E-state index contributed by atoms with van der Waals surface area (Å²) < 4.78 is 0. The van der Waals surface area contributed by atoms with Gasteiger partial charge in [-0.2, -0.15) is 0 Å². The highest BCUT2D eigenvalue weighted by molar-refractivity contribution is 5.95. The van der Waals surface area contributed by atoms with Crippen LogP contribution in [0.5, 0.6) is 0 Å². The molecule has 1 aromatic carbocycles. The minimum atomic E-state index is -0.439. The van der Waals surface area contributed by atoms with Gasteiger partial charge in [0.15, 0.2) is 0 Å². The van der Waals surface area contributed by atoms with Gasteiger partial charge < -0.3 is 10.6 Å². The Labute approximate surface area is 135 Å². The molecule has 0 aromatic heterocycles. The molecule has 2 atom stereocenters. The lowest BCUT2D eigenvalue weighted by atomic mass is 10.1. The Hall–Kier alpha value is -2.15. The number of nitrogens with zero attached hydrogens (tertiary/aromatic N) is 2. The van der Waals surface area contributed by atoms with E-state index in [2.05, 4.69) is 22.5 Å². The predicted octanol–water partition coefficient (Wildman–Crippen LogP) is 1.99. The van der Waals surface area contributed by atoms with Gasteiger partial charge in [0.25, 0.3) is 11.6 Å². The highest BCUT2D eigenvalue weighted by atomic mass is 16.6. The largest absolute Gasteiger partial charge is 0.375 e. The van der Waals surface area contributed by atoms with Gasteiger partial charge in [-0.3, -0.25) is 19.8 Å². The zero-order valence-corrected chi connectivity index (χ0v) is 13.4. The van der Waals surface area contributed by atoms with E-state index in [-0.39, 0.29) is 17.6 Å². The summed E-state index contributed by atoms with van der Waals surface area (Å²) in [6.45, 7) is 3.13. The van der Waals surface area contributed by atoms with Crippen molar-refractivity contribution in [3.05, 3.63) is 33.9 Å². The van der Waals surface area contributed by atoms with Crippen molar-refractivity contribution >= 4 is 17.3 Å². The topological polar surface area (TPSA) is 87.5 Å². The molecule has 23 heavy (non-hydrogen) atoms. The SMILES string of the molecule is CNC(=O)c1ccc(NC2CC(C)N(C3CC3)C2)c([N+](=O)[O-])c1. The Balaban J connectivity index is 1.77. The van der Waals surface area contributed by atoms with E-state index in [0.717, 1.165) is 13.0 Å². The van der Waals surface area contributed by atoms with Crippen LogP contribution in [0.15, 0.2) is 18.2 Å². The summed E-state index contributed by atoms with van der Waals surface area (Å²) in [7, 11) is 1.51. The van der Waals surface area contributed by atoms with Crippen LogP contribution in [-0.4, -0.2) is 47.4 Å². The van der Waals surface area contributed by atoms with E-state index in [9.17, 15) is 14.9 Å². The lowest BCUT2D eigenvalue weighted by Crippen LogP contribution is -2.31. The van der Waals surface area contributed by atoms with E-state index in [0.29, 0.717) is 23.3 Å². The molecule has 7 nitrogen and oxygen atoms in total. The lowest BCUT2D eigenvalue weighted by Gasteiger charge is -2.20. The number of rotatable bonds is 5. The fraction of sp³-hybridized carbons (Fsp3) is 0.562. The van der Waals surface area contributed by atoms with E-state index in [4.69, 9.17) is 0 Å². The molecule has 2 fully saturated rings. The highest BCUT2D eigenvalue weighted by Gasteiger charge is 2.39. The molecule has 1 saturated carbocycles. The molecule has 0 radical (unpaired) electrons. The number of nitro benzene ring substituents is 1. The van der Waals surface area contributed by atoms with Crippen molar-refractivity contribution in [1.29, 1.82) is 0 Å². The molecule has 1 aromatic rings. The zero-order chi connectivity index (χ0) is 16.6. The van der Waals surface area contributed by atoms with Crippen molar-refractivity contribution in [2.75, 3.05) is 18.9 Å². The molecule has 1 aliphatic heterocycles. The molecular weight excluding hydrogens is 296 g/mol. The standard InChI is InChI=1S/C16H22N4O3/c1-10-7-12(9-19(10)13-4-5-13)18-14-6-3-11(16(21)17-2)8-15(14)20(22)23/h3,6,8,10,12-13,18H,4-5,7,9H2,1-2H3,(H,17,21). The van der Waals surface area contributed by atoms with Crippen LogP contribution in [0.1, 0.15) is 36.5 Å². The summed E-state index contributed by atoms with van der Waals surface area (Å²) in [5.74, 6) is -0.325. The molecule has 1 aliphatic carbocycles. The number of anilines is 1. The van der Waals surface area contributed by atoms with Crippen molar-refractivity contribution in [1.82, 2.24) is 10.2 Å². The van der Waals surface area contributed by atoms with E-state index in [1.165, 1.54) is 26.0 Å². The fourth-order valence-electron chi connectivity index (χ4n) is 3.39. The zero-order valence-electron chi connectivity index (χ0n) is 13.4. The molecule has 2 aliphatic rings. The van der Waals surface area contributed by atoms with Crippen LogP contribution in [0.25, 0.3) is 0 Å². The molecule has 7 heteroatoms. The highest BCUT2D eigenvalue weighted by Crippen LogP contribution is 2.35. The first-order chi connectivity index (χ1) is 11.0. The first kappa shape index (κ1) is 15.7. The van der Waals surface area contributed by atoms with E-state index in [1.54, 1.807) is 12.1 Å². The van der Waals surface area contributed by atoms with Gasteiger partial charge in [-0.25, -0.2) is 0 Å². The number of nitrogens with one attached hydrogen (secondary N) is 2. The van der Waals surface area contributed by atoms with Crippen molar-refractivity contribution in [3.63, 3.8) is 0 Å². The molecule has 2 unspecified atom stereocenters. The van der Waals surface area contributed by atoms with E-state index < -0.39 is 4.92 Å². The van der Waals surface area contributed by atoms with Crippen LogP contribution >= 0.6 is 0 Å². The van der Waals surface area contributed by atoms with Gasteiger partial charge in [0.05, 0.1) is 4.92 Å². The first-order valence-electron chi connectivity index (χ1n) is 8.02. The summed E-state index contributed by atoms with van der Waals surface area (Å²) in [6, 6.07) is 5.98. The summed E-state index contributed by atoms with van der Waals surface area (Å²) in [5, 5.41) is 17.1. The van der Waals surface area contributed by atoms with Gasteiger partial charge in [0.1, 0.15) is 5.69 Å². The summed E-state index contributed by atoms with van der Waals surface area (Å²) in [6.07, 6.45) is 3.50. The van der Waals surface area contributed by atoms with Crippen molar-refractivity contribution < 1.29 is 9.72 Å². The van der Waals surface area contributed by atoms with E-state index in [1.807, 2.05) is 0 Å². The fourth-order valence-corrected chi connectivity index (χ4v) is 3.39. The molecule has 0 bridgehead atoms. The maximum Gasteiger partial charge on any atom is 0.293 e. The van der Waals surface area contributed by atoms with Gasteiger partial charge in [-0.15, -0.1) is 0 Å². The second-order valence-corrected chi connectivity index (χ2v) is 6.42. The molecule has 3 rings (SSSR count). The minimum Gasteiger partial charge on any atom is -0.375 e. The maximum absolute atomic E-state index is 11.7. The van der Waals surface area contributed by atoms with Crippen LogP contribution < -0.4 is 10.6 Å². The predicted molar refractivity (Wildman–Crippen MR) is 87.7 cm³/mol.